The molecule has 2 aromatic carbocycles. The number of nitrogens with zero attached hydrogens (tertiary/aromatic N) is 2. The molecule has 1 aromatic heterocycles. The highest BCUT2D eigenvalue weighted by Crippen LogP contribution is 2.39. The number of ether oxygens (including phenoxy) is 1. The first-order valence-corrected chi connectivity index (χ1v) is 12.5. The molecule has 1 unspecified atom stereocenters. The second-order valence-corrected chi connectivity index (χ2v) is 11.0. The molecule has 0 spiro atoms. The molecule has 0 bridgehead atoms. The summed E-state index contributed by atoms with van der Waals surface area (Å²) in [5, 5.41) is 0.479. The van der Waals surface area contributed by atoms with Gasteiger partial charge in [0.15, 0.2) is 5.43 Å². The minimum Gasteiger partial charge on any atom is -0.450 e. The van der Waals surface area contributed by atoms with Crippen LogP contribution in [0.1, 0.15) is 54.1 Å². The number of hydrogen-bond acceptors (Lipinski definition) is 5. The maximum atomic E-state index is 13.7. The van der Waals surface area contributed by atoms with Gasteiger partial charge in [-0.05, 0) is 34.7 Å². The van der Waals surface area contributed by atoms with Gasteiger partial charge in [-0.2, -0.15) is 0 Å². The minimum absolute atomic E-state index is 0.0134. The SMILES string of the molecule is CC(C)(C)c1ccc(C2c3c(oc4ccc(Br)cc4c3=O)C(=O)N2CCN2CCOCC2)cc1. The average molecular weight is 525 g/mol. The summed E-state index contributed by atoms with van der Waals surface area (Å²) in [7, 11) is 0. The van der Waals surface area contributed by atoms with Crippen LogP contribution in [0.4, 0.5) is 0 Å². The molecule has 0 N–H and O–H groups in total. The van der Waals surface area contributed by atoms with Gasteiger partial charge in [-0.25, -0.2) is 0 Å². The quantitative estimate of drug-likeness (QED) is 0.493. The smallest absolute Gasteiger partial charge is 0.290 e. The largest absolute Gasteiger partial charge is 0.450 e. The summed E-state index contributed by atoms with van der Waals surface area (Å²) in [6.45, 7) is 10.8. The fourth-order valence-electron chi connectivity index (χ4n) is 4.81. The fraction of sp³-hybridized carbons (Fsp3) is 0.407. The first-order valence-electron chi connectivity index (χ1n) is 11.7. The van der Waals surface area contributed by atoms with E-state index < -0.39 is 6.04 Å². The Balaban J connectivity index is 1.60. The van der Waals surface area contributed by atoms with E-state index >= 15 is 0 Å². The van der Waals surface area contributed by atoms with Crippen molar-refractivity contribution in [3.63, 3.8) is 0 Å². The number of benzene rings is 2. The van der Waals surface area contributed by atoms with Crippen molar-refractivity contribution in [3.05, 3.63) is 79.6 Å². The normalized spacial score (nSPS) is 19.1. The van der Waals surface area contributed by atoms with Crippen LogP contribution in [0.3, 0.4) is 0 Å². The summed E-state index contributed by atoms with van der Waals surface area (Å²) in [4.78, 5) is 31.4. The summed E-state index contributed by atoms with van der Waals surface area (Å²) in [6, 6.07) is 13.1. The molecule has 34 heavy (non-hydrogen) atoms. The highest BCUT2D eigenvalue weighted by atomic mass is 79.9. The third kappa shape index (κ3) is 4.21. The summed E-state index contributed by atoms with van der Waals surface area (Å²) >= 11 is 3.45. The Labute approximate surface area is 207 Å². The number of rotatable bonds is 4. The second-order valence-electron chi connectivity index (χ2n) is 10.0. The molecular weight excluding hydrogens is 496 g/mol. The van der Waals surface area contributed by atoms with Gasteiger partial charge in [-0.3, -0.25) is 14.5 Å². The summed E-state index contributed by atoms with van der Waals surface area (Å²) in [6.07, 6.45) is 0. The zero-order valence-electron chi connectivity index (χ0n) is 19.8. The minimum atomic E-state index is -0.475. The molecule has 178 valence electrons. The monoisotopic (exact) mass is 524 g/mol. The molecule has 0 aliphatic carbocycles. The molecule has 1 amide bonds. The maximum absolute atomic E-state index is 13.7. The van der Waals surface area contributed by atoms with Crippen molar-refractivity contribution in [2.24, 2.45) is 0 Å². The van der Waals surface area contributed by atoms with Crippen LogP contribution >= 0.6 is 15.9 Å². The number of carbonyl (C=O) groups excluding carboxylic acids is 1. The van der Waals surface area contributed by atoms with E-state index in [1.54, 1.807) is 17.0 Å². The lowest BCUT2D eigenvalue weighted by atomic mass is 9.86. The van der Waals surface area contributed by atoms with E-state index in [9.17, 15) is 9.59 Å². The van der Waals surface area contributed by atoms with E-state index in [4.69, 9.17) is 9.15 Å². The highest BCUT2D eigenvalue weighted by molar-refractivity contribution is 9.10. The second kappa shape index (κ2) is 8.95. The molecule has 7 heteroatoms. The van der Waals surface area contributed by atoms with E-state index in [0.29, 0.717) is 36.3 Å². The molecule has 1 atom stereocenters. The first-order chi connectivity index (χ1) is 16.2. The van der Waals surface area contributed by atoms with E-state index in [-0.39, 0.29) is 22.5 Å². The van der Waals surface area contributed by atoms with E-state index in [2.05, 4.69) is 53.7 Å². The number of morpholine rings is 1. The van der Waals surface area contributed by atoms with Crippen molar-refractivity contribution in [2.75, 3.05) is 39.4 Å². The van der Waals surface area contributed by atoms with Crippen LogP contribution in [0, 0.1) is 0 Å². The number of hydrogen-bond donors (Lipinski definition) is 0. The van der Waals surface area contributed by atoms with Crippen LogP contribution < -0.4 is 5.43 Å². The lowest BCUT2D eigenvalue weighted by Gasteiger charge is -2.31. The Bertz CT molecular complexity index is 1290. The Morgan fingerprint density at radius 3 is 2.38 bits per heavy atom. The molecule has 0 saturated carbocycles. The van der Waals surface area contributed by atoms with Gasteiger partial charge in [0.05, 0.1) is 30.2 Å². The van der Waals surface area contributed by atoms with Gasteiger partial charge in [0.1, 0.15) is 5.58 Å². The molecule has 0 radical (unpaired) electrons. The lowest BCUT2D eigenvalue weighted by molar-refractivity contribution is 0.0314. The molecule has 2 aliphatic heterocycles. The summed E-state index contributed by atoms with van der Waals surface area (Å²) in [5.41, 5.74) is 2.85. The van der Waals surface area contributed by atoms with Crippen LogP contribution in [0.25, 0.3) is 11.0 Å². The van der Waals surface area contributed by atoms with Crippen molar-refractivity contribution >= 4 is 32.8 Å². The average Bonchev–Trinajstić information content (AvgIpc) is 3.10. The van der Waals surface area contributed by atoms with E-state index in [0.717, 1.165) is 29.7 Å². The van der Waals surface area contributed by atoms with Gasteiger partial charge in [-0.1, -0.05) is 61.0 Å². The summed E-state index contributed by atoms with van der Waals surface area (Å²) in [5.74, 6) is -0.0678. The molecular formula is C27H29BrN2O4. The molecule has 5 rings (SSSR count). The van der Waals surface area contributed by atoms with Gasteiger partial charge in [0.25, 0.3) is 5.91 Å². The predicted molar refractivity (Wildman–Crippen MR) is 135 cm³/mol. The molecule has 3 heterocycles. The zero-order valence-corrected chi connectivity index (χ0v) is 21.4. The number of carbonyl (C=O) groups is 1. The Kier molecular flexibility index (Phi) is 6.12. The van der Waals surface area contributed by atoms with Crippen molar-refractivity contribution in [1.29, 1.82) is 0 Å². The van der Waals surface area contributed by atoms with Crippen LogP contribution in [0.5, 0.6) is 0 Å². The van der Waals surface area contributed by atoms with E-state index in [1.807, 2.05) is 18.2 Å². The van der Waals surface area contributed by atoms with Crippen molar-refractivity contribution in [2.45, 2.75) is 32.2 Å². The van der Waals surface area contributed by atoms with Gasteiger partial charge in [0, 0.05) is 30.7 Å². The number of halogens is 1. The predicted octanol–water partition coefficient (Wildman–Crippen LogP) is 4.73. The summed E-state index contributed by atoms with van der Waals surface area (Å²) < 4.78 is 12.3. The van der Waals surface area contributed by atoms with Crippen molar-refractivity contribution < 1.29 is 13.9 Å². The Morgan fingerprint density at radius 2 is 1.71 bits per heavy atom. The highest BCUT2D eigenvalue weighted by Gasteiger charge is 2.42. The fourth-order valence-corrected chi connectivity index (χ4v) is 5.17. The molecule has 1 fully saturated rings. The molecule has 6 nitrogen and oxygen atoms in total. The maximum Gasteiger partial charge on any atom is 0.290 e. The zero-order chi connectivity index (χ0) is 24.0. The van der Waals surface area contributed by atoms with Gasteiger partial charge in [0.2, 0.25) is 5.76 Å². The van der Waals surface area contributed by atoms with Crippen molar-refractivity contribution in [1.82, 2.24) is 9.80 Å². The van der Waals surface area contributed by atoms with Gasteiger partial charge >= 0.3 is 0 Å². The molecule has 2 aliphatic rings. The third-order valence-corrected chi connectivity index (χ3v) is 7.27. The van der Waals surface area contributed by atoms with E-state index in [1.165, 1.54) is 5.56 Å². The topological polar surface area (TPSA) is 63.0 Å². The molecule has 1 saturated heterocycles. The van der Waals surface area contributed by atoms with Crippen LogP contribution in [-0.2, 0) is 10.2 Å². The number of fused-ring (bicyclic) bond motifs is 2. The van der Waals surface area contributed by atoms with Crippen LogP contribution in [-0.4, -0.2) is 55.1 Å². The van der Waals surface area contributed by atoms with Crippen LogP contribution in [0.15, 0.2) is 56.1 Å². The Hall–Kier alpha value is -2.48. The third-order valence-electron chi connectivity index (χ3n) is 6.78. The standard InChI is InChI=1S/C27H29BrN2O4/c1-27(2,3)18-6-4-17(5-7-18)23-22-24(31)20-16-19(28)8-9-21(20)34-25(22)26(32)30(23)11-10-29-12-14-33-15-13-29/h4-9,16,23H,10-15H2,1-3H3. The number of amides is 1. The van der Waals surface area contributed by atoms with Gasteiger partial charge < -0.3 is 14.1 Å². The van der Waals surface area contributed by atoms with Crippen molar-refractivity contribution in [3.8, 4) is 0 Å². The molecule has 3 aromatic rings. The first kappa shape index (κ1) is 23.3. The van der Waals surface area contributed by atoms with Crippen LogP contribution in [0.2, 0.25) is 0 Å². The lowest BCUT2D eigenvalue weighted by Crippen LogP contribution is -2.42. The van der Waals surface area contributed by atoms with Gasteiger partial charge in [-0.15, -0.1) is 0 Å². The Morgan fingerprint density at radius 1 is 1.00 bits per heavy atom.